The number of aromatic nitrogens is 3. The monoisotopic (exact) mass is 345 g/mol. The van der Waals surface area contributed by atoms with Gasteiger partial charge in [-0.15, -0.1) is 0 Å². The van der Waals surface area contributed by atoms with Crippen molar-refractivity contribution in [1.29, 1.82) is 0 Å². The largest absolute Gasteiger partial charge is 0.345 e. The van der Waals surface area contributed by atoms with E-state index in [0.717, 1.165) is 28.4 Å². The lowest BCUT2D eigenvalue weighted by Gasteiger charge is -2.09. The first-order chi connectivity index (χ1) is 12.6. The van der Waals surface area contributed by atoms with Gasteiger partial charge in [-0.3, -0.25) is 4.79 Å². The highest BCUT2D eigenvalue weighted by molar-refractivity contribution is 5.85. The maximum Gasteiger partial charge on any atom is 0.258 e. The number of rotatable bonds is 4. The van der Waals surface area contributed by atoms with Crippen LogP contribution in [0, 0.1) is 6.92 Å². The lowest BCUT2D eigenvalue weighted by molar-refractivity contribution is 0.112. The summed E-state index contributed by atoms with van der Waals surface area (Å²) < 4.78 is 7.71. The lowest BCUT2D eigenvalue weighted by Crippen LogP contribution is -1.97. The van der Waals surface area contributed by atoms with Crippen molar-refractivity contribution in [3.8, 4) is 22.8 Å². The summed E-state index contributed by atoms with van der Waals surface area (Å²) in [5.41, 5.74) is 4.33. The van der Waals surface area contributed by atoms with Gasteiger partial charge in [0.25, 0.3) is 5.89 Å². The van der Waals surface area contributed by atoms with Crippen LogP contribution >= 0.6 is 0 Å². The van der Waals surface area contributed by atoms with Crippen molar-refractivity contribution in [2.24, 2.45) is 0 Å². The van der Waals surface area contributed by atoms with Gasteiger partial charge in [-0.1, -0.05) is 23.4 Å². The van der Waals surface area contributed by atoms with Crippen molar-refractivity contribution in [1.82, 2.24) is 14.7 Å². The Balaban J connectivity index is 1.75. The van der Waals surface area contributed by atoms with E-state index in [2.05, 4.69) is 53.0 Å². The van der Waals surface area contributed by atoms with E-state index in [-0.39, 0.29) is 0 Å². The third-order valence-electron chi connectivity index (χ3n) is 4.69. The van der Waals surface area contributed by atoms with Crippen molar-refractivity contribution in [2.45, 2.75) is 26.8 Å². The number of hydrogen-bond donors (Lipinski definition) is 0. The maximum atomic E-state index is 11.1. The Kier molecular flexibility index (Phi) is 3.92. The molecule has 0 aliphatic rings. The molecule has 0 atom stereocenters. The summed E-state index contributed by atoms with van der Waals surface area (Å²) in [5, 5.41) is 5.24. The number of hydrogen-bond acceptors (Lipinski definition) is 4. The van der Waals surface area contributed by atoms with Crippen LogP contribution in [0.25, 0.3) is 33.7 Å². The van der Waals surface area contributed by atoms with Crippen LogP contribution in [0.2, 0.25) is 0 Å². The molecule has 0 aliphatic heterocycles. The number of carbonyl (C=O) groups excluding carboxylic acids is 1. The van der Waals surface area contributed by atoms with Gasteiger partial charge in [0.05, 0.1) is 0 Å². The highest BCUT2D eigenvalue weighted by Crippen LogP contribution is 2.29. The molecule has 4 aromatic rings. The van der Waals surface area contributed by atoms with Gasteiger partial charge >= 0.3 is 0 Å². The molecule has 0 saturated carbocycles. The van der Waals surface area contributed by atoms with Crippen LogP contribution in [-0.2, 0) is 0 Å². The third kappa shape index (κ3) is 2.62. The van der Waals surface area contributed by atoms with Crippen LogP contribution in [-0.4, -0.2) is 21.0 Å². The summed E-state index contributed by atoms with van der Waals surface area (Å²) in [4.78, 5) is 15.7. The molecule has 0 radical (unpaired) electrons. The molecule has 0 spiro atoms. The smallest absolute Gasteiger partial charge is 0.258 e. The SMILES string of the molecule is Cc1c(C=O)cccc1-c1noc(-c2ccc3c(ccn3C(C)C)c2)n1. The van der Waals surface area contributed by atoms with Gasteiger partial charge in [0.2, 0.25) is 5.82 Å². The van der Waals surface area contributed by atoms with E-state index in [0.29, 0.717) is 23.3 Å². The molecule has 0 N–H and O–H groups in total. The molecule has 0 saturated heterocycles. The third-order valence-corrected chi connectivity index (χ3v) is 4.69. The van der Waals surface area contributed by atoms with Gasteiger partial charge in [0, 0.05) is 39.8 Å². The molecular formula is C21H19N3O2. The minimum Gasteiger partial charge on any atom is -0.345 e. The predicted octanol–water partition coefficient (Wildman–Crippen LogP) is 5.06. The molecule has 5 heteroatoms. The molecule has 4 rings (SSSR count). The van der Waals surface area contributed by atoms with E-state index in [1.165, 1.54) is 5.52 Å². The number of carbonyl (C=O) groups is 1. The number of nitrogens with zero attached hydrogens (tertiary/aromatic N) is 3. The molecule has 0 aliphatic carbocycles. The molecule has 2 aromatic carbocycles. The molecule has 0 fully saturated rings. The average Bonchev–Trinajstić information content (AvgIpc) is 3.28. The minimum absolute atomic E-state index is 0.404. The highest BCUT2D eigenvalue weighted by Gasteiger charge is 2.15. The van der Waals surface area contributed by atoms with E-state index >= 15 is 0 Å². The molecular weight excluding hydrogens is 326 g/mol. The van der Waals surface area contributed by atoms with Gasteiger partial charge in [0.1, 0.15) is 6.29 Å². The molecule has 26 heavy (non-hydrogen) atoms. The van der Waals surface area contributed by atoms with Crippen LogP contribution < -0.4 is 0 Å². The fourth-order valence-corrected chi connectivity index (χ4v) is 3.22. The number of benzene rings is 2. The van der Waals surface area contributed by atoms with Crippen LogP contribution in [0.3, 0.4) is 0 Å². The first-order valence-corrected chi connectivity index (χ1v) is 8.58. The fourth-order valence-electron chi connectivity index (χ4n) is 3.22. The Bertz CT molecular complexity index is 1110. The summed E-state index contributed by atoms with van der Waals surface area (Å²) in [7, 11) is 0. The van der Waals surface area contributed by atoms with Crippen molar-refractivity contribution in [2.75, 3.05) is 0 Å². The maximum absolute atomic E-state index is 11.1. The predicted molar refractivity (Wildman–Crippen MR) is 101 cm³/mol. The Morgan fingerprint density at radius 2 is 2.00 bits per heavy atom. The molecule has 5 nitrogen and oxygen atoms in total. The van der Waals surface area contributed by atoms with Crippen molar-refractivity contribution in [3.63, 3.8) is 0 Å². The zero-order valence-corrected chi connectivity index (χ0v) is 14.9. The summed E-state index contributed by atoms with van der Waals surface area (Å²) in [6.07, 6.45) is 2.93. The first kappa shape index (κ1) is 16.3. The van der Waals surface area contributed by atoms with Crippen LogP contribution in [0.1, 0.15) is 35.8 Å². The summed E-state index contributed by atoms with van der Waals surface area (Å²) in [6.45, 7) is 6.20. The quantitative estimate of drug-likeness (QED) is 0.485. The molecule has 2 aromatic heterocycles. The van der Waals surface area contributed by atoms with Gasteiger partial charge < -0.3 is 9.09 Å². The van der Waals surface area contributed by atoms with Gasteiger partial charge in [-0.25, -0.2) is 0 Å². The summed E-state index contributed by atoms with van der Waals surface area (Å²) >= 11 is 0. The number of aldehydes is 1. The van der Waals surface area contributed by atoms with Gasteiger partial charge in [-0.2, -0.15) is 4.98 Å². The van der Waals surface area contributed by atoms with Crippen LogP contribution in [0.15, 0.2) is 53.2 Å². The normalized spacial score (nSPS) is 11.4. The van der Waals surface area contributed by atoms with E-state index in [4.69, 9.17) is 4.52 Å². The number of fused-ring (bicyclic) bond motifs is 1. The topological polar surface area (TPSA) is 60.9 Å². The average molecular weight is 345 g/mol. The molecule has 0 bridgehead atoms. The molecule has 2 heterocycles. The zero-order valence-electron chi connectivity index (χ0n) is 14.9. The Hall–Kier alpha value is -3.21. The van der Waals surface area contributed by atoms with Gasteiger partial charge in [0.15, 0.2) is 0 Å². The lowest BCUT2D eigenvalue weighted by atomic mass is 10.0. The van der Waals surface area contributed by atoms with E-state index in [9.17, 15) is 4.79 Å². The Labute approximate surface area is 151 Å². The molecule has 0 unspecified atom stereocenters. The van der Waals surface area contributed by atoms with E-state index in [1.54, 1.807) is 6.07 Å². The van der Waals surface area contributed by atoms with Crippen LogP contribution in [0.5, 0.6) is 0 Å². The van der Waals surface area contributed by atoms with Gasteiger partial charge in [-0.05, 0) is 50.6 Å². The van der Waals surface area contributed by atoms with Crippen molar-refractivity contribution < 1.29 is 9.32 Å². The zero-order chi connectivity index (χ0) is 18.3. The standard InChI is InChI=1S/C21H19N3O2/c1-13(2)24-10-9-15-11-16(7-8-19(15)24)21-22-20(23-26-21)18-6-4-5-17(12-25)14(18)3/h4-13H,1-3H3. The van der Waals surface area contributed by atoms with E-state index < -0.39 is 0 Å². The second-order valence-electron chi connectivity index (χ2n) is 6.65. The highest BCUT2D eigenvalue weighted by atomic mass is 16.5. The second kappa shape index (κ2) is 6.26. The van der Waals surface area contributed by atoms with Crippen molar-refractivity contribution >= 4 is 17.2 Å². The molecule has 0 amide bonds. The minimum atomic E-state index is 0.404. The first-order valence-electron chi connectivity index (χ1n) is 8.58. The van der Waals surface area contributed by atoms with Crippen molar-refractivity contribution in [3.05, 3.63) is 59.8 Å². The molecule has 130 valence electrons. The summed E-state index contributed by atoms with van der Waals surface area (Å²) in [6, 6.07) is 14.1. The van der Waals surface area contributed by atoms with Crippen LogP contribution in [0.4, 0.5) is 0 Å². The Morgan fingerprint density at radius 1 is 1.15 bits per heavy atom. The summed E-state index contributed by atoms with van der Waals surface area (Å²) in [5.74, 6) is 0.955. The Morgan fingerprint density at radius 3 is 2.77 bits per heavy atom. The van der Waals surface area contributed by atoms with E-state index in [1.807, 2.05) is 25.1 Å². The second-order valence-corrected chi connectivity index (χ2v) is 6.65. The fraction of sp³-hybridized carbons (Fsp3) is 0.190.